The largest absolute Gasteiger partial charge is 0.447 e. The molecule has 1 aliphatic heterocycles. The first kappa shape index (κ1) is 11.6. The molecule has 5 heteroatoms. The number of quaternary nitrogens is 1. The van der Waals surface area contributed by atoms with Crippen molar-refractivity contribution in [1.29, 1.82) is 0 Å². The Morgan fingerprint density at radius 1 is 1.71 bits per heavy atom. The molecule has 4 nitrogen and oxygen atoms in total. The lowest BCUT2D eigenvalue weighted by Gasteiger charge is -2.40. The van der Waals surface area contributed by atoms with E-state index in [2.05, 4.69) is 12.2 Å². The van der Waals surface area contributed by atoms with Gasteiger partial charge in [0.25, 0.3) is 0 Å². The van der Waals surface area contributed by atoms with Crippen LogP contribution in [0.2, 0.25) is 0 Å². The average Bonchev–Trinajstić information content (AvgIpc) is 2.46. The zero-order chi connectivity index (χ0) is 11.0. The van der Waals surface area contributed by atoms with E-state index in [4.69, 9.17) is 16.3 Å². The third kappa shape index (κ3) is 1.96. The van der Waals surface area contributed by atoms with Crippen LogP contribution < -0.4 is 5.32 Å². The van der Waals surface area contributed by atoms with Gasteiger partial charge in [0.2, 0.25) is 0 Å². The first-order chi connectivity index (χ1) is 6.32. The maximum Gasteiger partial charge on any atom is 0.408 e. The van der Waals surface area contributed by atoms with Crippen molar-refractivity contribution in [2.45, 2.75) is 24.9 Å². The lowest BCUT2D eigenvalue weighted by molar-refractivity contribution is -0.904. The molecule has 0 aromatic heterocycles. The second-order valence-corrected chi connectivity index (χ2v) is 4.96. The number of carbonyl (C=O) groups excluding carboxylic acids is 1. The van der Waals surface area contributed by atoms with Crippen LogP contribution in [0.1, 0.15) is 13.8 Å². The van der Waals surface area contributed by atoms with Crippen LogP contribution in [0.3, 0.4) is 0 Å². The molecule has 1 aliphatic rings. The summed E-state index contributed by atoms with van der Waals surface area (Å²) in [5, 5.41) is 2.76. The molecule has 82 valence electrons. The number of ether oxygens (including phenoxy) is 1. The number of likely N-dealkylation sites (N-methyl/N-ethyl adjacent to an activating group) is 1. The molecule has 0 aliphatic carbocycles. The van der Waals surface area contributed by atoms with Crippen LogP contribution in [0.25, 0.3) is 0 Å². The monoisotopic (exact) mass is 221 g/mol. The number of rotatable bonds is 3. The summed E-state index contributed by atoms with van der Waals surface area (Å²) in [6.07, 6.45) is -0.380. The molecular formula is C9H18ClN2O2+. The molecule has 0 aromatic carbocycles. The molecule has 2 unspecified atom stereocenters. The van der Waals surface area contributed by atoms with Crippen LogP contribution in [0.5, 0.6) is 0 Å². The highest BCUT2D eigenvalue weighted by atomic mass is 35.5. The van der Waals surface area contributed by atoms with Gasteiger partial charge in [-0.1, -0.05) is 11.6 Å². The zero-order valence-electron chi connectivity index (χ0n) is 9.13. The minimum absolute atomic E-state index is 0.195. The fourth-order valence-corrected chi connectivity index (χ4v) is 1.84. The van der Waals surface area contributed by atoms with Crippen molar-refractivity contribution in [3.8, 4) is 0 Å². The number of amides is 1. The van der Waals surface area contributed by atoms with Gasteiger partial charge < -0.3 is 14.5 Å². The van der Waals surface area contributed by atoms with E-state index in [1.165, 1.54) is 0 Å². The molecule has 0 saturated carbocycles. The lowest BCUT2D eigenvalue weighted by Crippen LogP contribution is -2.61. The molecule has 14 heavy (non-hydrogen) atoms. The molecule has 1 heterocycles. The van der Waals surface area contributed by atoms with Crippen LogP contribution >= 0.6 is 11.6 Å². The van der Waals surface area contributed by atoms with Gasteiger partial charge in [-0.3, -0.25) is 0 Å². The molecule has 0 spiro atoms. The molecule has 0 bridgehead atoms. The highest BCUT2D eigenvalue weighted by Gasteiger charge is 2.48. The van der Waals surface area contributed by atoms with Crippen LogP contribution in [-0.2, 0) is 4.74 Å². The van der Waals surface area contributed by atoms with Crippen LogP contribution in [0, 0.1) is 0 Å². The summed E-state index contributed by atoms with van der Waals surface area (Å²) in [5.74, 6) is 0. The predicted octanol–water partition coefficient (Wildman–Crippen LogP) is 1.15. The van der Waals surface area contributed by atoms with Crippen molar-refractivity contribution >= 4 is 17.7 Å². The maximum absolute atomic E-state index is 11.0. The van der Waals surface area contributed by atoms with E-state index in [9.17, 15) is 4.79 Å². The molecular weight excluding hydrogens is 204 g/mol. The highest BCUT2D eigenvalue weighted by Crippen LogP contribution is 2.27. The minimum Gasteiger partial charge on any atom is -0.447 e. The normalized spacial score (nSPS) is 29.6. The Bertz CT molecular complexity index is 245. The fourth-order valence-electron chi connectivity index (χ4n) is 1.58. The van der Waals surface area contributed by atoms with Gasteiger partial charge in [-0.25, -0.2) is 4.79 Å². The smallest absolute Gasteiger partial charge is 0.408 e. The summed E-state index contributed by atoms with van der Waals surface area (Å²) < 4.78 is 5.53. The van der Waals surface area contributed by atoms with E-state index in [-0.39, 0.29) is 11.6 Å². The summed E-state index contributed by atoms with van der Waals surface area (Å²) in [6.45, 7) is 5.21. The second-order valence-electron chi connectivity index (χ2n) is 4.55. The summed E-state index contributed by atoms with van der Waals surface area (Å²) in [6, 6.07) is 0. The lowest BCUT2D eigenvalue weighted by atomic mass is 10.0. The molecule has 2 atom stereocenters. The Balaban J connectivity index is 2.78. The van der Waals surface area contributed by atoms with Crippen molar-refractivity contribution in [2.75, 3.05) is 27.2 Å². The SMILES string of the molecule is CC[N+](C)(C)C(Cl)C1(C)COC(=O)N1. The fraction of sp³-hybridized carbons (Fsp3) is 0.889. The third-order valence-electron chi connectivity index (χ3n) is 2.85. The predicted molar refractivity (Wildman–Crippen MR) is 55.2 cm³/mol. The molecule has 1 fully saturated rings. The molecule has 1 saturated heterocycles. The second kappa shape index (κ2) is 3.59. The number of cyclic esters (lactones) is 1. The van der Waals surface area contributed by atoms with Crippen molar-refractivity contribution in [2.24, 2.45) is 0 Å². The molecule has 1 N–H and O–H groups in total. The van der Waals surface area contributed by atoms with Gasteiger partial charge in [0, 0.05) is 0 Å². The van der Waals surface area contributed by atoms with E-state index in [0.717, 1.165) is 6.54 Å². The maximum atomic E-state index is 11.0. The van der Waals surface area contributed by atoms with Gasteiger partial charge in [-0.05, 0) is 13.8 Å². The van der Waals surface area contributed by atoms with E-state index in [0.29, 0.717) is 11.1 Å². The van der Waals surface area contributed by atoms with Crippen molar-refractivity contribution in [1.82, 2.24) is 5.32 Å². The zero-order valence-corrected chi connectivity index (χ0v) is 9.89. The number of hydrogen-bond donors (Lipinski definition) is 1. The van der Waals surface area contributed by atoms with Crippen LogP contribution in [-0.4, -0.2) is 48.9 Å². The van der Waals surface area contributed by atoms with Crippen LogP contribution in [0.4, 0.5) is 4.79 Å². The number of nitrogens with one attached hydrogen (secondary N) is 1. The molecule has 0 radical (unpaired) electrons. The van der Waals surface area contributed by atoms with Crippen molar-refractivity contribution in [3.63, 3.8) is 0 Å². The average molecular weight is 222 g/mol. The Hall–Kier alpha value is -0.480. The Morgan fingerprint density at radius 2 is 2.29 bits per heavy atom. The molecule has 1 rings (SSSR count). The standard InChI is InChI=1S/C9H17ClN2O2/c1-5-12(3,4)7(10)9(2)6-14-8(13)11-9/h7H,5-6H2,1-4H3/p+1. The summed E-state index contributed by atoms with van der Waals surface area (Å²) in [5.41, 5.74) is -0.669. The van der Waals surface area contributed by atoms with Gasteiger partial charge in [-0.15, -0.1) is 0 Å². The van der Waals surface area contributed by atoms with Crippen molar-refractivity contribution < 1.29 is 14.0 Å². The Labute approximate surface area is 89.8 Å². The quantitative estimate of drug-likeness (QED) is 0.441. The topological polar surface area (TPSA) is 38.3 Å². The number of alkyl carbamates (subject to hydrolysis) is 1. The Kier molecular flexibility index (Phi) is 2.97. The first-order valence-corrected chi connectivity index (χ1v) is 5.17. The number of carbonyl (C=O) groups is 1. The third-order valence-corrected chi connectivity index (χ3v) is 3.86. The summed E-state index contributed by atoms with van der Waals surface area (Å²) >= 11 is 6.36. The number of halogens is 1. The highest BCUT2D eigenvalue weighted by molar-refractivity contribution is 6.20. The van der Waals surface area contributed by atoms with Crippen molar-refractivity contribution in [3.05, 3.63) is 0 Å². The van der Waals surface area contributed by atoms with Crippen LogP contribution in [0.15, 0.2) is 0 Å². The van der Waals surface area contributed by atoms with Gasteiger partial charge >= 0.3 is 6.09 Å². The van der Waals surface area contributed by atoms with E-state index < -0.39 is 5.54 Å². The number of alkyl halides is 1. The summed E-state index contributed by atoms with van der Waals surface area (Å²) in [4.78, 5) is 11.0. The van der Waals surface area contributed by atoms with E-state index >= 15 is 0 Å². The molecule has 1 amide bonds. The van der Waals surface area contributed by atoms with Gasteiger partial charge in [-0.2, -0.15) is 0 Å². The van der Waals surface area contributed by atoms with Gasteiger partial charge in [0.15, 0.2) is 5.50 Å². The van der Waals surface area contributed by atoms with E-state index in [1.807, 2.05) is 21.0 Å². The molecule has 0 aromatic rings. The van der Waals surface area contributed by atoms with Gasteiger partial charge in [0.1, 0.15) is 12.1 Å². The Morgan fingerprint density at radius 3 is 2.64 bits per heavy atom. The number of hydrogen-bond acceptors (Lipinski definition) is 2. The summed E-state index contributed by atoms with van der Waals surface area (Å²) in [7, 11) is 4.07. The van der Waals surface area contributed by atoms with E-state index in [1.54, 1.807) is 0 Å². The van der Waals surface area contributed by atoms with Gasteiger partial charge in [0.05, 0.1) is 20.6 Å². The first-order valence-electron chi connectivity index (χ1n) is 4.73. The minimum atomic E-state index is -0.474. The number of nitrogens with zero attached hydrogens (tertiary/aromatic N) is 1.